The molecular formula is C21H32O3. The second kappa shape index (κ2) is 7.16. The third-order valence-electron chi connectivity index (χ3n) is 6.36. The Morgan fingerprint density at radius 3 is 2.42 bits per heavy atom. The van der Waals surface area contributed by atoms with E-state index in [0.717, 1.165) is 30.8 Å². The third-order valence-corrected chi connectivity index (χ3v) is 6.36. The molecule has 24 heavy (non-hydrogen) atoms. The Labute approximate surface area is 146 Å². The van der Waals surface area contributed by atoms with Gasteiger partial charge in [-0.1, -0.05) is 46.6 Å². The van der Waals surface area contributed by atoms with Crippen LogP contribution in [0.3, 0.4) is 0 Å². The monoisotopic (exact) mass is 332 g/mol. The first-order valence-electron chi connectivity index (χ1n) is 9.09. The van der Waals surface area contributed by atoms with Crippen LogP contribution in [0.25, 0.3) is 0 Å². The smallest absolute Gasteiger partial charge is 0.161 e. The van der Waals surface area contributed by atoms with Gasteiger partial charge < -0.3 is 9.47 Å². The summed E-state index contributed by atoms with van der Waals surface area (Å²) >= 11 is 0. The molecule has 0 radical (unpaired) electrons. The van der Waals surface area contributed by atoms with Crippen LogP contribution in [0, 0.1) is 11.3 Å². The number of methoxy groups -OCH3 is 2. The molecule has 1 aliphatic rings. The number of ketones is 1. The lowest BCUT2D eigenvalue weighted by atomic mass is 9.52. The number of carbonyl (C=O) groups excluding carboxylic acids is 1. The molecule has 3 heteroatoms. The largest absolute Gasteiger partial charge is 0.493 e. The summed E-state index contributed by atoms with van der Waals surface area (Å²) < 4.78 is 10.9. The number of ether oxygens (including phenoxy) is 2. The molecule has 0 aliphatic heterocycles. The van der Waals surface area contributed by atoms with Crippen molar-refractivity contribution in [1.29, 1.82) is 0 Å². The topological polar surface area (TPSA) is 35.5 Å². The third kappa shape index (κ3) is 3.05. The van der Waals surface area contributed by atoms with Gasteiger partial charge in [-0.25, -0.2) is 0 Å². The van der Waals surface area contributed by atoms with E-state index >= 15 is 0 Å². The van der Waals surface area contributed by atoms with Gasteiger partial charge in [0, 0.05) is 11.8 Å². The van der Waals surface area contributed by atoms with Crippen molar-refractivity contribution >= 4 is 5.78 Å². The molecule has 2 rings (SSSR count). The molecule has 2 atom stereocenters. The van der Waals surface area contributed by atoms with Crippen molar-refractivity contribution in [2.24, 2.45) is 11.3 Å². The highest BCUT2D eigenvalue weighted by Crippen LogP contribution is 2.54. The van der Waals surface area contributed by atoms with Crippen LogP contribution in [0.5, 0.6) is 11.5 Å². The van der Waals surface area contributed by atoms with Gasteiger partial charge in [-0.3, -0.25) is 4.79 Å². The molecule has 0 heterocycles. The number of hydrogen-bond donors (Lipinski definition) is 0. The maximum atomic E-state index is 12.5. The molecule has 1 saturated carbocycles. The summed E-state index contributed by atoms with van der Waals surface area (Å²) in [5.41, 5.74) is 1.01. The number of carbonyl (C=O) groups is 1. The predicted octanol–water partition coefficient (Wildman–Crippen LogP) is 5.16. The zero-order chi connectivity index (χ0) is 18.0. The highest BCUT2D eigenvalue weighted by Gasteiger charge is 2.51. The standard InChI is InChI=1S/C21H32O3/c1-7-8-12-21(13-11-19(22)20(3,4)15(21)2)16-9-10-17(23-5)18(14-16)24-6/h9-10,14-15H,7-8,11-13H2,1-6H3. The van der Waals surface area contributed by atoms with Crippen LogP contribution in [0.2, 0.25) is 0 Å². The average molecular weight is 332 g/mol. The molecule has 1 fully saturated rings. The van der Waals surface area contributed by atoms with Crippen molar-refractivity contribution < 1.29 is 14.3 Å². The van der Waals surface area contributed by atoms with E-state index in [2.05, 4.69) is 39.8 Å². The summed E-state index contributed by atoms with van der Waals surface area (Å²) in [5, 5.41) is 0. The number of unbranched alkanes of at least 4 members (excludes halogenated alkanes) is 1. The van der Waals surface area contributed by atoms with Crippen LogP contribution < -0.4 is 9.47 Å². The van der Waals surface area contributed by atoms with E-state index in [4.69, 9.17) is 9.47 Å². The minimum absolute atomic E-state index is 0.0208. The molecular weight excluding hydrogens is 300 g/mol. The molecule has 0 amide bonds. The van der Waals surface area contributed by atoms with E-state index in [1.807, 2.05) is 6.07 Å². The molecule has 0 spiro atoms. The van der Waals surface area contributed by atoms with Crippen molar-refractivity contribution in [2.45, 2.75) is 65.2 Å². The minimum Gasteiger partial charge on any atom is -0.493 e. The summed E-state index contributed by atoms with van der Waals surface area (Å²) in [4.78, 5) is 12.5. The maximum Gasteiger partial charge on any atom is 0.161 e. The Balaban J connectivity index is 2.54. The lowest BCUT2D eigenvalue weighted by Gasteiger charge is -2.51. The molecule has 3 nitrogen and oxygen atoms in total. The Hall–Kier alpha value is -1.51. The number of rotatable bonds is 6. The van der Waals surface area contributed by atoms with E-state index in [0.29, 0.717) is 12.2 Å². The SMILES string of the molecule is CCCCC1(c2ccc(OC)c(OC)c2)CCC(=O)C(C)(C)C1C. The fraction of sp³-hybridized carbons (Fsp3) is 0.667. The number of Topliss-reactive ketones (excluding diaryl/α,β-unsaturated/α-hetero) is 1. The van der Waals surface area contributed by atoms with Crippen LogP contribution in [-0.2, 0) is 10.2 Å². The van der Waals surface area contributed by atoms with E-state index in [9.17, 15) is 4.79 Å². The summed E-state index contributed by atoms with van der Waals surface area (Å²) in [7, 11) is 3.34. The lowest BCUT2D eigenvalue weighted by molar-refractivity contribution is -0.136. The normalized spacial score (nSPS) is 26.2. The second-order valence-electron chi connectivity index (χ2n) is 7.70. The van der Waals surface area contributed by atoms with E-state index in [1.165, 1.54) is 12.0 Å². The van der Waals surface area contributed by atoms with Crippen molar-refractivity contribution in [3.8, 4) is 11.5 Å². The maximum absolute atomic E-state index is 12.5. The van der Waals surface area contributed by atoms with Gasteiger partial charge in [-0.05, 0) is 41.9 Å². The molecule has 0 aromatic heterocycles. The molecule has 1 aliphatic carbocycles. The molecule has 0 saturated heterocycles. The molecule has 1 aromatic rings. The number of hydrogen-bond acceptors (Lipinski definition) is 3. The fourth-order valence-corrected chi connectivity index (χ4v) is 4.33. The zero-order valence-corrected chi connectivity index (χ0v) is 16.1. The van der Waals surface area contributed by atoms with Crippen LogP contribution in [0.4, 0.5) is 0 Å². The van der Waals surface area contributed by atoms with Gasteiger partial charge in [0.2, 0.25) is 0 Å². The van der Waals surface area contributed by atoms with Crippen LogP contribution in [0.15, 0.2) is 18.2 Å². The van der Waals surface area contributed by atoms with Gasteiger partial charge in [0.1, 0.15) is 5.78 Å². The van der Waals surface area contributed by atoms with Gasteiger partial charge in [-0.15, -0.1) is 0 Å². The van der Waals surface area contributed by atoms with Crippen molar-refractivity contribution in [3.63, 3.8) is 0 Å². The summed E-state index contributed by atoms with van der Waals surface area (Å²) in [6.45, 7) is 8.71. The Bertz CT molecular complexity index is 591. The predicted molar refractivity (Wildman–Crippen MR) is 97.9 cm³/mol. The second-order valence-corrected chi connectivity index (χ2v) is 7.70. The summed E-state index contributed by atoms with van der Waals surface area (Å²) in [6.07, 6.45) is 5.03. The van der Waals surface area contributed by atoms with Crippen LogP contribution in [-0.4, -0.2) is 20.0 Å². The molecule has 134 valence electrons. The van der Waals surface area contributed by atoms with Gasteiger partial charge in [-0.2, -0.15) is 0 Å². The average Bonchev–Trinajstić information content (AvgIpc) is 2.59. The van der Waals surface area contributed by atoms with Crippen molar-refractivity contribution in [2.75, 3.05) is 14.2 Å². The Morgan fingerprint density at radius 1 is 1.17 bits per heavy atom. The summed E-state index contributed by atoms with van der Waals surface area (Å²) in [5.74, 6) is 2.21. The Kier molecular flexibility index (Phi) is 5.62. The molecule has 1 aromatic carbocycles. The highest BCUT2D eigenvalue weighted by atomic mass is 16.5. The van der Waals surface area contributed by atoms with Gasteiger partial charge in [0.15, 0.2) is 11.5 Å². The molecule has 2 unspecified atom stereocenters. The Morgan fingerprint density at radius 2 is 1.83 bits per heavy atom. The lowest BCUT2D eigenvalue weighted by Crippen LogP contribution is -2.50. The van der Waals surface area contributed by atoms with Gasteiger partial charge >= 0.3 is 0 Å². The van der Waals surface area contributed by atoms with Crippen LogP contribution >= 0.6 is 0 Å². The van der Waals surface area contributed by atoms with Gasteiger partial charge in [0.05, 0.1) is 14.2 Å². The number of benzene rings is 1. The van der Waals surface area contributed by atoms with Gasteiger partial charge in [0.25, 0.3) is 0 Å². The highest BCUT2D eigenvalue weighted by molar-refractivity contribution is 5.85. The van der Waals surface area contributed by atoms with E-state index in [-0.39, 0.29) is 16.7 Å². The first kappa shape index (κ1) is 18.8. The van der Waals surface area contributed by atoms with E-state index < -0.39 is 0 Å². The quantitative estimate of drug-likeness (QED) is 0.722. The van der Waals surface area contributed by atoms with E-state index in [1.54, 1.807) is 14.2 Å². The zero-order valence-electron chi connectivity index (χ0n) is 16.1. The first-order chi connectivity index (χ1) is 11.3. The van der Waals surface area contributed by atoms with Crippen molar-refractivity contribution in [3.05, 3.63) is 23.8 Å². The minimum atomic E-state index is -0.293. The molecule has 0 bridgehead atoms. The summed E-state index contributed by atoms with van der Waals surface area (Å²) in [6, 6.07) is 6.29. The first-order valence-corrected chi connectivity index (χ1v) is 9.09. The van der Waals surface area contributed by atoms with Crippen LogP contribution in [0.1, 0.15) is 65.4 Å². The van der Waals surface area contributed by atoms with Crippen molar-refractivity contribution in [1.82, 2.24) is 0 Å². The molecule has 0 N–H and O–H groups in total. The fourth-order valence-electron chi connectivity index (χ4n) is 4.33.